The maximum absolute atomic E-state index is 11.9. The Bertz CT molecular complexity index is 1200. The zero-order valence-electron chi connectivity index (χ0n) is 17.2. The number of ether oxygens (including phenoxy) is 2. The average molecular weight is 489 g/mol. The van der Waals surface area contributed by atoms with Crippen LogP contribution < -0.4 is 30.7 Å². The molecule has 32 heavy (non-hydrogen) atoms. The molecule has 1 aliphatic heterocycles. The van der Waals surface area contributed by atoms with Gasteiger partial charge in [-0.05, 0) is 24.3 Å². The summed E-state index contributed by atoms with van der Waals surface area (Å²) in [6, 6.07) is 6.18. The van der Waals surface area contributed by atoms with Gasteiger partial charge in [-0.3, -0.25) is 14.4 Å². The Labute approximate surface area is 185 Å². The van der Waals surface area contributed by atoms with Gasteiger partial charge in [-0.2, -0.15) is 16.8 Å². The molecule has 1 atom stereocenters. The number of nitrogens with one attached hydrogen (secondary N) is 4. The summed E-state index contributed by atoms with van der Waals surface area (Å²) in [5.41, 5.74) is 0.194. The van der Waals surface area contributed by atoms with Crippen molar-refractivity contribution in [1.29, 1.82) is 0 Å². The molecular formula is C18H24N4O8S2. The van der Waals surface area contributed by atoms with Gasteiger partial charge in [0.05, 0.1) is 42.3 Å². The van der Waals surface area contributed by atoms with Crippen LogP contribution in [0.5, 0.6) is 11.5 Å². The molecule has 1 heterocycles. The first-order valence-electron chi connectivity index (χ1n) is 9.35. The van der Waals surface area contributed by atoms with Crippen LogP contribution in [0, 0.1) is 0 Å². The summed E-state index contributed by atoms with van der Waals surface area (Å²) < 4.78 is 77.2. The molecule has 1 unspecified atom stereocenters. The molecule has 1 fully saturated rings. The Morgan fingerprint density at radius 2 is 1.66 bits per heavy atom. The van der Waals surface area contributed by atoms with Gasteiger partial charge in [0.15, 0.2) is 5.75 Å². The fourth-order valence-corrected chi connectivity index (χ4v) is 4.40. The van der Waals surface area contributed by atoms with Crippen molar-refractivity contribution in [2.45, 2.75) is 16.0 Å². The third kappa shape index (κ3) is 5.59. The normalized spacial score (nSPS) is 16.9. The molecule has 0 radical (unpaired) electrons. The predicted molar refractivity (Wildman–Crippen MR) is 117 cm³/mol. The molecular weight excluding hydrogens is 464 g/mol. The standard InChI is InChI=1S/C18H24N4O8S2/c1-29-11-3-4-13(16(7-11)32(26,27)28)21-14-8-12(31(23,24)25)9-15(18(14)30-2)22-17-10-19-5-6-20-17/h3-4,7-9,17,19-22H,5-6,10H2,1-2H3,(H,23,24,25)(H,26,27,28). The summed E-state index contributed by atoms with van der Waals surface area (Å²) in [5, 5.41) is 12.2. The van der Waals surface area contributed by atoms with Gasteiger partial charge in [0.25, 0.3) is 20.2 Å². The molecule has 14 heteroatoms. The fraction of sp³-hybridized carbons (Fsp3) is 0.333. The largest absolute Gasteiger partial charge is 0.497 e. The molecule has 0 bridgehead atoms. The van der Waals surface area contributed by atoms with Gasteiger partial charge in [0, 0.05) is 25.7 Å². The number of hydrogen-bond acceptors (Lipinski definition) is 10. The predicted octanol–water partition coefficient (Wildman–Crippen LogP) is 0.872. The van der Waals surface area contributed by atoms with E-state index in [2.05, 4.69) is 21.3 Å². The second-order valence-electron chi connectivity index (χ2n) is 6.84. The number of benzene rings is 2. The SMILES string of the molecule is COc1ccc(Nc2cc(S(=O)(=O)O)cc(NC3CNCCN3)c2OC)c(S(=O)(=O)O)c1. The topological polar surface area (TPSA) is 175 Å². The van der Waals surface area contributed by atoms with E-state index in [0.29, 0.717) is 13.1 Å². The van der Waals surface area contributed by atoms with Crippen LogP contribution in [0.2, 0.25) is 0 Å². The molecule has 3 rings (SSSR count). The highest BCUT2D eigenvalue weighted by atomic mass is 32.2. The van der Waals surface area contributed by atoms with Crippen LogP contribution in [-0.4, -0.2) is 66.0 Å². The van der Waals surface area contributed by atoms with Crippen LogP contribution in [0.15, 0.2) is 40.1 Å². The maximum atomic E-state index is 11.9. The van der Waals surface area contributed by atoms with E-state index in [1.54, 1.807) is 0 Å². The van der Waals surface area contributed by atoms with Crippen molar-refractivity contribution in [3.63, 3.8) is 0 Å². The molecule has 12 nitrogen and oxygen atoms in total. The number of hydrogen-bond donors (Lipinski definition) is 6. The van der Waals surface area contributed by atoms with Crippen LogP contribution in [0.25, 0.3) is 0 Å². The van der Waals surface area contributed by atoms with Crippen LogP contribution in [0.1, 0.15) is 0 Å². The molecule has 1 saturated heterocycles. The molecule has 0 amide bonds. The van der Waals surface area contributed by atoms with Crippen molar-refractivity contribution < 1.29 is 35.4 Å². The van der Waals surface area contributed by atoms with E-state index in [1.807, 2.05) is 0 Å². The van der Waals surface area contributed by atoms with Gasteiger partial charge in [0.1, 0.15) is 10.6 Å². The summed E-state index contributed by atoms with van der Waals surface area (Å²) in [5.74, 6) is 0.335. The van der Waals surface area contributed by atoms with Gasteiger partial charge < -0.3 is 25.4 Å². The third-order valence-corrected chi connectivity index (χ3v) is 6.40. The zero-order valence-corrected chi connectivity index (χ0v) is 18.9. The van der Waals surface area contributed by atoms with E-state index in [9.17, 15) is 25.9 Å². The van der Waals surface area contributed by atoms with Crippen LogP contribution >= 0.6 is 0 Å². The van der Waals surface area contributed by atoms with E-state index in [4.69, 9.17) is 9.47 Å². The van der Waals surface area contributed by atoms with Gasteiger partial charge in [-0.1, -0.05) is 0 Å². The van der Waals surface area contributed by atoms with Gasteiger partial charge in [-0.15, -0.1) is 0 Å². The van der Waals surface area contributed by atoms with Crippen LogP contribution in [-0.2, 0) is 20.2 Å². The Balaban J connectivity index is 2.12. The van der Waals surface area contributed by atoms with Crippen molar-refractivity contribution in [1.82, 2.24) is 10.6 Å². The Morgan fingerprint density at radius 3 is 2.22 bits per heavy atom. The Kier molecular flexibility index (Phi) is 7.12. The molecule has 0 saturated carbocycles. The number of piperazine rings is 1. The molecule has 0 aromatic heterocycles. The lowest BCUT2D eigenvalue weighted by Crippen LogP contribution is -2.52. The molecule has 6 N–H and O–H groups in total. The zero-order chi connectivity index (χ0) is 23.5. The molecule has 1 aliphatic rings. The highest BCUT2D eigenvalue weighted by molar-refractivity contribution is 7.86. The first-order chi connectivity index (χ1) is 15.0. The summed E-state index contributed by atoms with van der Waals surface area (Å²) in [6.45, 7) is 1.98. The Morgan fingerprint density at radius 1 is 0.938 bits per heavy atom. The van der Waals surface area contributed by atoms with Crippen molar-refractivity contribution in [2.75, 3.05) is 44.5 Å². The second-order valence-corrected chi connectivity index (χ2v) is 9.66. The molecule has 2 aromatic carbocycles. The van der Waals surface area contributed by atoms with Gasteiger partial charge >= 0.3 is 0 Å². The van der Waals surface area contributed by atoms with E-state index in [0.717, 1.165) is 18.7 Å². The summed E-state index contributed by atoms with van der Waals surface area (Å²) in [4.78, 5) is -0.946. The van der Waals surface area contributed by atoms with Gasteiger partial charge in [0.2, 0.25) is 0 Å². The number of rotatable bonds is 8. The summed E-state index contributed by atoms with van der Waals surface area (Å²) in [7, 11) is -6.59. The average Bonchev–Trinajstić information content (AvgIpc) is 2.73. The fourth-order valence-electron chi connectivity index (χ4n) is 3.21. The van der Waals surface area contributed by atoms with Crippen molar-refractivity contribution in [2.24, 2.45) is 0 Å². The minimum atomic E-state index is -4.66. The van der Waals surface area contributed by atoms with E-state index in [1.165, 1.54) is 32.4 Å². The highest BCUT2D eigenvalue weighted by Gasteiger charge is 2.23. The number of methoxy groups -OCH3 is 2. The first kappa shape index (κ1) is 24.0. The lowest BCUT2D eigenvalue weighted by atomic mass is 10.2. The minimum absolute atomic E-state index is 0.0314. The molecule has 0 aliphatic carbocycles. The lowest BCUT2D eigenvalue weighted by Gasteiger charge is -2.28. The molecule has 2 aromatic rings. The highest BCUT2D eigenvalue weighted by Crippen LogP contribution is 2.40. The first-order valence-corrected chi connectivity index (χ1v) is 12.2. The van der Waals surface area contributed by atoms with Crippen molar-refractivity contribution in [3.8, 4) is 11.5 Å². The quantitative estimate of drug-likeness (QED) is 0.290. The minimum Gasteiger partial charge on any atom is -0.497 e. The summed E-state index contributed by atoms with van der Waals surface area (Å²) in [6.07, 6.45) is -0.267. The van der Waals surface area contributed by atoms with E-state index >= 15 is 0 Å². The van der Waals surface area contributed by atoms with E-state index in [-0.39, 0.29) is 34.7 Å². The molecule has 0 spiro atoms. The van der Waals surface area contributed by atoms with Crippen molar-refractivity contribution >= 4 is 37.3 Å². The van der Waals surface area contributed by atoms with Gasteiger partial charge in [-0.25, -0.2) is 0 Å². The molecule has 176 valence electrons. The lowest BCUT2D eigenvalue weighted by molar-refractivity contribution is 0.412. The summed E-state index contributed by atoms with van der Waals surface area (Å²) >= 11 is 0. The number of anilines is 3. The smallest absolute Gasteiger partial charge is 0.296 e. The van der Waals surface area contributed by atoms with Crippen molar-refractivity contribution in [3.05, 3.63) is 30.3 Å². The maximum Gasteiger partial charge on any atom is 0.296 e. The Hall–Kier alpha value is -2.62. The second kappa shape index (κ2) is 9.48. The van der Waals surface area contributed by atoms with Crippen LogP contribution in [0.3, 0.4) is 0 Å². The van der Waals surface area contributed by atoms with E-state index < -0.39 is 30.0 Å². The third-order valence-electron chi connectivity index (χ3n) is 4.67. The van der Waals surface area contributed by atoms with Crippen LogP contribution in [0.4, 0.5) is 17.1 Å². The monoisotopic (exact) mass is 488 g/mol.